The van der Waals surface area contributed by atoms with Gasteiger partial charge in [0.15, 0.2) is 0 Å². The van der Waals surface area contributed by atoms with Crippen LogP contribution in [0.3, 0.4) is 0 Å². The summed E-state index contributed by atoms with van der Waals surface area (Å²) in [4.78, 5) is 0. The van der Waals surface area contributed by atoms with Crippen LogP contribution in [0.4, 0.5) is 0 Å². The molecule has 0 aliphatic heterocycles. The third kappa shape index (κ3) is 3.81. The molecule has 0 atom stereocenters. The Bertz CT molecular complexity index is 312. The molecular weight excluding hydrogens is 208 g/mol. The maximum Gasteiger partial charge on any atom is 0.124 e. The molecule has 4 heteroatoms. The minimum atomic E-state index is 0.0229. The monoisotopic (exact) mass is 226 g/mol. The van der Waals surface area contributed by atoms with Gasteiger partial charge in [-0.05, 0) is 17.7 Å². The molecule has 0 aliphatic carbocycles. The highest BCUT2D eigenvalue weighted by molar-refractivity contribution is 5.36. The van der Waals surface area contributed by atoms with E-state index in [-0.39, 0.29) is 6.61 Å². The zero-order valence-corrected chi connectivity index (χ0v) is 9.73. The smallest absolute Gasteiger partial charge is 0.124 e. The van der Waals surface area contributed by atoms with E-state index in [1.807, 2.05) is 18.2 Å². The van der Waals surface area contributed by atoms with Crippen LogP contribution in [0.2, 0.25) is 0 Å². The predicted molar refractivity (Wildman–Crippen MR) is 60.4 cm³/mol. The van der Waals surface area contributed by atoms with Gasteiger partial charge in [0.25, 0.3) is 0 Å². The van der Waals surface area contributed by atoms with Gasteiger partial charge in [0, 0.05) is 12.7 Å². The van der Waals surface area contributed by atoms with Gasteiger partial charge >= 0.3 is 0 Å². The molecule has 0 heterocycles. The number of hydrogen-bond acceptors (Lipinski definition) is 4. The average Bonchev–Trinajstić information content (AvgIpc) is 2.34. The van der Waals surface area contributed by atoms with Crippen molar-refractivity contribution in [1.82, 2.24) is 0 Å². The summed E-state index contributed by atoms with van der Waals surface area (Å²) in [5.41, 5.74) is 1.79. The molecule has 4 nitrogen and oxygen atoms in total. The van der Waals surface area contributed by atoms with E-state index in [2.05, 4.69) is 0 Å². The first-order valence-corrected chi connectivity index (χ1v) is 5.15. The third-order valence-electron chi connectivity index (χ3n) is 2.22. The first kappa shape index (κ1) is 13.0. The van der Waals surface area contributed by atoms with Gasteiger partial charge in [-0.3, -0.25) is 0 Å². The number of hydrogen-bond donors (Lipinski definition) is 1. The fourth-order valence-electron chi connectivity index (χ4n) is 1.37. The minimum Gasteiger partial charge on any atom is -0.496 e. The summed E-state index contributed by atoms with van der Waals surface area (Å²) in [5.74, 6) is 0.773. The van der Waals surface area contributed by atoms with Gasteiger partial charge in [0.2, 0.25) is 0 Å². The molecule has 1 aromatic carbocycles. The molecule has 90 valence electrons. The maximum absolute atomic E-state index is 9.03. The number of aliphatic hydroxyl groups excluding tert-OH is 1. The molecule has 0 amide bonds. The summed E-state index contributed by atoms with van der Waals surface area (Å²) in [6.45, 7) is 1.60. The molecule has 0 bridgehead atoms. The molecule has 0 unspecified atom stereocenters. The van der Waals surface area contributed by atoms with Gasteiger partial charge < -0.3 is 19.3 Å². The van der Waals surface area contributed by atoms with Crippen LogP contribution in [0.1, 0.15) is 11.1 Å². The van der Waals surface area contributed by atoms with Crippen molar-refractivity contribution in [3.63, 3.8) is 0 Å². The maximum atomic E-state index is 9.03. The summed E-state index contributed by atoms with van der Waals surface area (Å²) in [7, 11) is 3.25. The Morgan fingerprint density at radius 1 is 1.19 bits per heavy atom. The normalized spacial score (nSPS) is 10.4. The van der Waals surface area contributed by atoms with E-state index >= 15 is 0 Å². The fraction of sp³-hybridized carbons (Fsp3) is 0.500. The fourth-order valence-corrected chi connectivity index (χ4v) is 1.37. The summed E-state index contributed by atoms with van der Waals surface area (Å²) in [6, 6.07) is 5.55. The Morgan fingerprint density at radius 2 is 2.00 bits per heavy atom. The van der Waals surface area contributed by atoms with Crippen LogP contribution in [-0.4, -0.2) is 32.5 Å². The van der Waals surface area contributed by atoms with Crippen LogP contribution in [0.15, 0.2) is 18.2 Å². The summed E-state index contributed by atoms with van der Waals surface area (Å²) >= 11 is 0. The quantitative estimate of drug-likeness (QED) is 0.713. The third-order valence-corrected chi connectivity index (χ3v) is 2.22. The first-order chi connectivity index (χ1) is 7.81. The van der Waals surface area contributed by atoms with E-state index in [4.69, 9.17) is 19.3 Å². The van der Waals surface area contributed by atoms with Crippen LogP contribution >= 0.6 is 0 Å². The number of benzene rings is 1. The summed E-state index contributed by atoms with van der Waals surface area (Å²) < 4.78 is 15.5. The lowest BCUT2D eigenvalue weighted by atomic mass is 10.1. The molecule has 0 radical (unpaired) electrons. The van der Waals surface area contributed by atoms with Gasteiger partial charge in [-0.15, -0.1) is 0 Å². The molecule has 0 saturated heterocycles. The van der Waals surface area contributed by atoms with Crippen LogP contribution in [0.5, 0.6) is 5.75 Å². The van der Waals surface area contributed by atoms with Crippen molar-refractivity contribution in [2.75, 3.05) is 27.4 Å². The Kier molecular flexibility index (Phi) is 5.85. The van der Waals surface area contributed by atoms with Crippen LogP contribution in [0, 0.1) is 0 Å². The van der Waals surface area contributed by atoms with Crippen molar-refractivity contribution in [3.05, 3.63) is 29.3 Å². The van der Waals surface area contributed by atoms with E-state index in [0.717, 1.165) is 16.9 Å². The van der Waals surface area contributed by atoms with Gasteiger partial charge in [-0.1, -0.05) is 6.07 Å². The lowest BCUT2D eigenvalue weighted by Crippen LogP contribution is -2.03. The van der Waals surface area contributed by atoms with E-state index in [0.29, 0.717) is 19.8 Å². The Balaban J connectivity index is 2.60. The number of aliphatic hydroxyl groups is 1. The Labute approximate surface area is 95.8 Å². The second-order valence-electron chi connectivity index (χ2n) is 3.35. The van der Waals surface area contributed by atoms with Crippen molar-refractivity contribution in [2.45, 2.75) is 13.2 Å². The second-order valence-corrected chi connectivity index (χ2v) is 3.35. The minimum absolute atomic E-state index is 0.0229. The average molecular weight is 226 g/mol. The van der Waals surface area contributed by atoms with Crippen molar-refractivity contribution in [2.24, 2.45) is 0 Å². The SMILES string of the molecule is COCCOCc1cc(CO)ccc1OC. The van der Waals surface area contributed by atoms with Crippen molar-refractivity contribution < 1.29 is 19.3 Å². The molecule has 0 saturated carbocycles. The zero-order valence-electron chi connectivity index (χ0n) is 9.73. The van der Waals surface area contributed by atoms with Gasteiger partial charge in [0.1, 0.15) is 5.75 Å². The molecule has 0 aromatic heterocycles. The van der Waals surface area contributed by atoms with E-state index in [1.54, 1.807) is 14.2 Å². The highest BCUT2D eigenvalue weighted by atomic mass is 16.5. The van der Waals surface area contributed by atoms with Gasteiger partial charge in [0.05, 0.1) is 33.5 Å². The van der Waals surface area contributed by atoms with Crippen molar-refractivity contribution >= 4 is 0 Å². The Morgan fingerprint density at radius 3 is 2.62 bits per heavy atom. The lowest BCUT2D eigenvalue weighted by Gasteiger charge is -2.10. The van der Waals surface area contributed by atoms with E-state index in [9.17, 15) is 0 Å². The second kappa shape index (κ2) is 7.22. The largest absolute Gasteiger partial charge is 0.496 e. The topological polar surface area (TPSA) is 47.9 Å². The predicted octanol–water partition coefficient (Wildman–Crippen LogP) is 1.35. The lowest BCUT2D eigenvalue weighted by molar-refractivity contribution is 0.0607. The number of rotatable bonds is 7. The Hall–Kier alpha value is -1.10. The van der Waals surface area contributed by atoms with Crippen LogP contribution in [0.25, 0.3) is 0 Å². The highest BCUT2D eigenvalue weighted by Crippen LogP contribution is 2.20. The molecule has 0 aliphatic rings. The van der Waals surface area contributed by atoms with Gasteiger partial charge in [-0.25, -0.2) is 0 Å². The molecule has 1 aromatic rings. The molecular formula is C12H18O4. The molecule has 0 fully saturated rings. The zero-order chi connectivity index (χ0) is 11.8. The van der Waals surface area contributed by atoms with Crippen molar-refractivity contribution in [1.29, 1.82) is 0 Å². The molecule has 16 heavy (non-hydrogen) atoms. The van der Waals surface area contributed by atoms with Crippen molar-refractivity contribution in [3.8, 4) is 5.75 Å². The first-order valence-electron chi connectivity index (χ1n) is 5.15. The molecule has 0 spiro atoms. The van der Waals surface area contributed by atoms with E-state index in [1.165, 1.54) is 0 Å². The van der Waals surface area contributed by atoms with Crippen LogP contribution in [-0.2, 0) is 22.7 Å². The molecule has 1 rings (SSSR count). The number of ether oxygens (including phenoxy) is 3. The number of methoxy groups -OCH3 is 2. The molecule has 1 N–H and O–H groups in total. The standard InChI is InChI=1S/C12H18O4/c1-14-5-6-16-9-11-7-10(8-13)3-4-12(11)15-2/h3-4,7,13H,5-6,8-9H2,1-2H3. The summed E-state index contributed by atoms with van der Waals surface area (Å²) in [6.07, 6.45) is 0. The van der Waals surface area contributed by atoms with E-state index < -0.39 is 0 Å². The summed E-state index contributed by atoms with van der Waals surface area (Å²) in [5, 5.41) is 9.03. The van der Waals surface area contributed by atoms with Crippen LogP contribution < -0.4 is 4.74 Å². The highest BCUT2D eigenvalue weighted by Gasteiger charge is 2.04. The van der Waals surface area contributed by atoms with Gasteiger partial charge in [-0.2, -0.15) is 0 Å².